The highest BCUT2D eigenvalue weighted by molar-refractivity contribution is 6.59. The molecular weight excluding hydrogens is 232 g/mol. The number of hydrogen-bond acceptors (Lipinski definition) is 6. The van der Waals surface area contributed by atoms with Crippen LogP contribution in [0, 0.1) is 0 Å². The van der Waals surface area contributed by atoms with E-state index in [1.54, 1.807) is 6.55 Å². The van der Waals surface area contributed by atoms with Gasteiger partial charge in [-0.15, -0.1) is 0 Å². The summed E-state index contributed by atoms with van der Waals surface area (Å²) in [5.41, 5.74) is 0. The van der Waals surface area contributed by atoms with Crippen LogP contribution < -0.4 is 0 Å². The first-order valence-corrected chi connectivity index (χ1v) is 7.43. The molecular formula is C9H20O6Si. The lowest BCUT2D eigenvalue weighted by Crippen LogP contribution is -2.43. The number of methoxy groups -OCH3 is 1. The molecule has 0 aliphatic heterocycles. The average Bonchev–Trinajstić information content (AvgIpc) is 2.25. The largest absolute Gasteiger partial charge is 0.508 e. The third-order valence-electron chi connectivity index (χ3n) is 1.65. The number of carbonyl (C=O) groups excluding carboxylic acids is 1. The molecule has 0 bridgehead atoms. The Kier molecular flexibility index (Phi) is 8.17. The number of carbonyl (C=O) groups is 1. The van der Waals surface area contributed by atoms with Crippen molar-refractivity contribution in [2.24, 2.45) is 0 Å². The van der Waals surface area contributed by atoms with E-state index in [-0.39, 0.29) is 13.2 Å². The second-order valence-corrected chi connectivity index (χ2v) is 5.47. The monoisotopic (exact) mass is 252 g/mol. The molecule has 0 heterocycles. The molecule has 0 N–H and O–H groups in total. The van der Waals surface area contributed by atoms with Crippen molar-refractivity contribution in [3.8, 4) is 0 Å². The Morgan fingerprint density at radius 2 is 1.62 bits per heavy atom. The molecule has 0 aliphatic rings. The van der Waals surface area contributed by atoms with E-state index in [0.29, 0.717) is 13.2 Å². The summed E-state index contributed by atoms with van der Waals surface area (Å²) in [6.07, 6.45) is -0.722. The Morgan fingerprint density at radius 1 is 1.06 bits per heavy atom. The van der Waals surface area contributed by atoms with Crippen LogP contribution in [-0.4, -0.2) is 48.5 Å². The minimum Gasteiger partial charge on any atom is -0.438 e. The molecule has 96 valence electrons. The maximum absolute atomic E-state index is 10.6. The van der Waals surface area contributed by atoms with Crippen LogP contribution in [0.5, 0.6) is 0 Å². The van der Waals surface area contributed by atoms with Gasteiger partial charge in [0.05, 0.1) is 13.7 Å². The first kappa shape index (κ1) is 15.4. The van der Waals surface area contributed by atoms with Crippen molar-refractivity contribution in [3.05, 3.63) is 0 Å². The Hall–Kier alpha value is -0.633. The Morgan fingerprint density at radius 3 is 2.06 bits per heavy atom. The zero-order valence-electron chi connectivity index (χ0n) is 10.3. The second kappa shape index (κ2) is 8.51. The van der Waals surface area contributed by atoms with E-state index in [0.717, 1.165) is 0 Å². The fraction of sp³-hybridized carbons (Fsp3) is 0.889. The van der Waals surface area contributed by atoms with Gasteiger partial charge in [-0.25, -0.2) is 4.79 Å². The molecule has 0 rings (SSSR count). The van der Waals surface area contributed by atoms with Gasteiger partial charge in [-0.1, -0.05) is 0 Å². The summed E-state index contributed by atoms with van der Waals surface area (Å²) in [6, 6.07) is 0. The summed E-state index contributed by atoms with van der Waals surface area (Å²) < 4.78 is 25.3. The molecule has 0 atom stereocenters. The van der Waals surface area contributed by atoms with E-state index in [4.69, 9.17) is 13.3 Å². The van der Waals surface area contributed by atoms with E-state index in [1.807, 2.05) is 13.8 Å². The maximum atomic E-state index is 10.6. The third-order valence-corrected chi connectivity index (χ3v) is 4.00. The standard InChI is InChI=1S/C9H20O6Si/c1-5-13-16(4,14-6-2)15-8-7-12-9(10)11-3/h5-8H2,1-4H3. The van der Waals surface area contributed by atoms with Crippen molar-refractivity contribution in [3.63, 3.8) is 0 Å². The van der Waals surface area contributed by atoms with Crippen LogP contribution in [0.4, 0.5) is 4.79 Å². The van der Waals surface area contributed by atoms with Crippen LogP contribution in [0.25, 0.3) is 0 Å². The number of rotatable bonds is 8. The lowest BCUT2D eigenvalue weighted by Gasteiger charge is -2.24. The van der Waals surface area contributed by atoms with Crippen LogP contribution in [0.3, 0.4) is 0 Å². The van der Waals surface area contributed by atoms with Crippen LogP contribution in [0.15, 0.2) is 0 Å². The first-order chi connectivity index (χ1) is 7.58. The highest BCUT2D eigenvalue weighted by Crippen LogP contribution is 2.08. The average molecular weight is 252 g/mol. The van der Waals surface area contributed by atoms with E-state index in [9.17, 15) is 4.79 Å². The minimum atomic E-state index is -2.56. The summed E-state index contributed by atoms with van der Waals surface area (Å²) in [5.74, 6) is 0. The smallest absolute Gasteiger partial charge is 0.438 e. The van der Waals surface area contributed by atoms with Gasteiger partial charge in [-0.2, -0.15) is 0 Å². The Labute approximate surface area is 97.1 Å². The van der Waals surface area contributed by atoms with Gasteiger partial charge in [0.15, 0.2) is 0 Å². The molecule has 0 spiro atoms. The van der Waals surface area contributed by atoms with Gasteiger partial charge in [0, 0.05) is 19.8 Å². The van der Waals surface area contributed by atoms with Gasteiger partial charge in [0.2, 0.25) is 0 Å². The molecule has 0 saturated carbocycles. The van der Waals surface area contributed by atoms with Gasteiger partial charge < -0.3 is 22.8 Å². The molecule has 0 fully saturated rings. The highest BCUT2D eigenvalue weighted by atomic mass is 28.4. The van der Waals surface area contributed by atoms with Gasteiger partial charge in [0.25, 0.3) is 0 Å². The molecule has 0 aromatic carbocycles. The Bertz CT molecular complexity index is 192. The molecule has 0 aliphatic carbocycles. The maximum Gasteiger partial charge on any atom is 0.508 e. The summed E-state index contributed by atoms with van der Waals surface area (Å²) in [7, 11) is -1.31. The zero-order valence-corrected chi connectivity index (χ0v) is 11.3. The van der Waals surface area contributed by atoms with E-state index in [1.165, 1.54) is 7.11 Å². The Balaban J connectivity index is 3.79. The SMILES string of the molecule is CCO[Si](C)(OCC)OCCOC(=O)OC. The summed E-state index contributed by atoms with van der Waals surface area (Å²) in [6.45, 7) is 6.96. The summed E-state index contributed by atoms with van der Waals surface area (Å²) >= 11 is 0. The lowest BCUT2D eigenvalue weighted by atomic mass is 10.8. The van der Waals surface area contributed by atoms with Gasteiger partial charge >= 0.3 is 15.0 Å². The van der Waals surface area contributed by atoms with Crippen LogP contribution in [-0.2, 0) is 22.8 Å². The van der Waals surface area contributed by atoms with Gasteiger partial charge in [-0.3, -0.25) is 0 Å². The molecule has 16 heavy (non-hydrogen) atoms. The second-order valence-electron chi connectivity index (χ2n) is 2.88. The van der Waals surface area contributed by atoms with Crippen LogP contribution in [0.2, 0.25) is 6.55 Å². The van der Waals surface area contributed by atoms with Gasteiger partial charge in [0.1, 0.15) is 6.61 Å². The predicted molar refractivity (Wildman–Crippen MR) is 59.2 cm³/mol. The highest BCUT2D eigenvalue weighted by Gasteiger charge is 2.33. The third kappa shape index (κ3) is 6.78. The molecule has 0 unspecified atom stereocenters. The lowest BCUT2D eigenvalue weighted by molar-refractivity contribution is 0.0328. The predicted octanol–water partition coefficient (Wildman–Crippen LogP) is 1.43. The first-order valence-electron chi connectivity index (χ1n) is 5.20. The zero-order chi connectivity index (χ0) is 12.4. The number of hydrogen-bond donors (Lipinski definition) is 0. The van der Waals surface area contributed by atoms with Crippen molar-refractivity contribution in [1.82, 2.24) is 0 Å². The van der Waals surface area contributed by atoms with Crippen LogP contribution >= 0.6 is 0 Å². The molecule has 0 aromatic heterocycles. The summed E-state index contributed by atoms with van der Waals surface area (Å²) in [5, 5.41) is 0. The van der Waals surface area contributed by atoms with Gasteiger partial charge in [-0.05, 0) is 13.8 Å². The minimum absolute atomic E-state index is 0.120. The van der Waals surface area contributed by atoms with E-state index in [2.05, 4.69) is 9.47 Å². The van der Waals surface area contributed by atoms with Crippen molar-refractivity contribution in [2.75, 3.05) is 33.5 Å². The molecule has 0 amide bonds. The van der Waals surface area contributed by atoms with Crippen LogP contribution in [0.1, 0.15) is 13.8 Å². The molecule has 6 nitrogen and oxygen atoms in total. The van der Waals surface area contributed by atoms with Crippen molar-refractivity contribution in [2.45, 2.75) is 20.4 Å². The fourth-order valence-corrected chi connectivity index (χ4v) is 2.81. The van der Waals surface area contributed by atoms with Crippen molar-refractivity contribution >= 4 is 15.0 Å². The molecule has 0 aromatic rings. The quantitative estimate of drug-likeness (QED) is 0.370. The molecule has 7 heteroatoms. The van der Waals surface area contributed by atoms with E-state index < -0.39 is 15.0 Å². The van der Waals surface area contributed by atoms with Crippen molar-refractivity contribution in [1.29, 1.82) is 0 Å². The molecule has 0 saturated heterocycles. The number of ether oxygens (including phenoxy) is 2. The van der Waals surface area contributed by atoms with Crippen molar-refractivity contribution < 1.29 is 27.5 Å². The topological polar surface area (TPSA) is 63.2 Å². The summed E-state index contributed by atoms with van der Waals surface area (Å²) in [4.78, 5) is 10.6. The normalized spacial score (nSPS) is 11.2. The van der Waals surface area contributed by atoms with E-state index >= 15 is 0 Å². The fourth-order valence-electron chi connectivity index (χ4n) is 1.06. The molecule has 0 radical (unpaired) electrons.